The Hall–Kier alpha value is -2.69. The van der Waals surface area contributed by atoms with Crippen LogP contribution in [0.1, 0.15) is 47.0 Å². The van der Waals surface area contributed by atoms with Crippen LogP contribution in [0.4, 0.5) is 0 Å². The van der Waals surface area contributed by atoms with Gasteiger partial charge in [0.1, 0.15) is 18.1 Å². The fourth-order valence-electron chi connectivity index (χ4n) is 3.23. The Kier molecular flexibility index (Phi) is 9.22. The van der Waals surface area contributed by atoms with E-state index in [-0.39, 0.29) is 11.8 Å². The van der Waals surface area contributed by atoms with Gasteiger partial charge in [-0.25, -0.2) is 4.79 Å². The Balaban J connectivity index is 2.94. The smallest absolute Gasteiger partial charge is 0.326 e. The summed E-state index contributed by atoms with van der Waals surface area (Å²) >= 11 is 0. The Labute approximate surface area is 175 Å². The summed E-state index contributed by atoms with van der Waals surface area (Å²) in [4.78, 5) is 62.1. The molecule has 1 rings (SSSR count). The minimum absolute atomic E-state index is 0.112. The topological polar surface area (TPSA) is 185 Å². The van der Waals surface area contributed by atoms with Crippen molar-refractivity contribution in [1.82, 2.24) is 15.5 Å². The van der Waals surface area contributed by atoms with Crippen LogP contribution in [-0.4, -0.2) is 70.3 Å². The van der Waals surface area contributed by atoms with E-state index in [2.05, 4.69) is 10.6 Å². The summed E-state index contributed by atoms with van der Waals surface area (Å²) in [6.07, 6.45) is 0.473. The van der Waals surface area contributed by atoms with Crippen molar-refractivity contribution in [2.45, 2.75) is 71.1 Å². The molecule has 0 radical (unpaired) electrons. The van der Waals surface area contributed by atoms with Crippen LogP contribution in [0.3, 0.4) is 0 Å². The van der Waals surface area contributed by atoms with Gasteiger partial charge >= 0.3 is 5.97 Å². The minimum Gasteiger partial charge on any atom is -0.480 e. The number of primary amides is 1. The lowest BCUT2D eigenvalue weighted by Gasteiger charge is -2.29. The van der Waals surface area contributed by atoms with Gasteiger partial charge in [-0.2, -0.15) is 0 Å². The predicted molar refractivity (Wildman–Crippen MR) is 108 cm³/mol. The van der Waals surface area contributed by atoms with Gasteiger partial charge < -0.3 is 32.1 Å². The highest BCUT2D eigenvalue weighted by atomic mass is 16.4. The molecule has 0 aromatic carbocycles. The average molecular weight is 428 g/mol. The molecule has 4 unspecified atom stereocenters. The Morgan fingerprint density at radius 3 is 2.13 bits per heavy atom. The van der Waals surface area contributed by atoms with Gasteiger partial charge in [-0.1, -0.05) is 27.7 Å². The van der Waals surface area contributed by atoms with Gasteiger partial charge in [0.15, 0.2) is 0 Å². The van der Waals surface area contributed by atoms with Crippen molar-refractivity contribution in [2.75, 3.05) is 6.54 Å². The van der Waals surface area contributed by atoms with Crippen molar-refractivity contribution in [2.24, 2.45) is 23.3 Å². The van der Waals surface area contributed by atoms with E-state index in [4.69, 9.17) is 11.5 Å². The summed E-state index contributed by atoms with van der Waals surface area (Å²) in [5, 5.41) is 14.0. The number of nitrogens with two attached hydrogens (primary N) is 2. The van der Waals surface area contributed by atoms with E-state index in [1.165, 1.54) is 4.90 Å². The van der Waals surface area contributed by atoms with E-state index in [1.807, 2.05) is 0 Å². The monoisotopic (exact) mass is 427 g/mol. The van der Waals surface area contributed by atoms with Crippen molar-refractivity contribution in [3.63, 3.8) is 0 Å². The normalized spacial score (nSPS) is 19.3. The van der Waals surface area contributed by atoms with Gasteiger partial charge in [0, 0.05) is 6.54 Å². The number of carbonyl (C=O) groups excluding carboxylic acids is 4. The highest BCUT2D eigenvalue weighted by molar-refractivity contribution is 5.96. The van der Waals surface area contributed by atoms with E-state index >= 15 is 0 Å². The highest BCUT2D eigenvalue weighted by Gasteiger charge is 2.38. The number of nitrogens with zero attached hydrogens (tertiary/aromatic N) is 1. The highest BCUT2D eigenvalue weighted by Crippen LogP contribution is 2.20. The van der Waals surface area contributed by atoms with E-state index < -0.39 is 60.2 Å². The number of rotatable bonds is 10. The molecule has 11 heteroatoms. The van der Waals surface area contributed by atoms with Crippen LogP contribution >= 0.6 is 0 Å². The van der Waals surface area contributed by atoms with Gasteiger partial charge in [0.25, 0.3) is 0 Å². The van der Waals surface area contributed by atoms with Crippen LogP contribution in [0.2, 0.25) is 0 Å². The molecule has 0 aliphatic carbocycles. The molecule has 1 aliphatic rings. The first-order valence-corrected chi connectivity index (χ1v) is 10.0. The first-order valence-electron chi connectivity index (χ1n) is 10.0. The Morgan fingerprint density at radius 2 is 1.67 bits per heavy atom. The molecule has 7 N–H and O–H groups in total. The molecule has 0 spiro atoms. The zero-order chi connectivity index (χ0) is 23.2. The third-order valence-electron chi connectivity index (χ3n) is 5.11. The predicted octanol–water partition coefficient (Wildman–Crippen LogP) is -1.45. The number of carboxylic acid groups (broad SMARTS) is 1. The van der Waals surface area contributed by atoms with Gasteiger partial charge in [0.05, 0.1) is 12.5 Å². The summed E-state index contributed by atoms with van der Waals surface area (Å²) in [6, 6.07) is -4.14. The average Bonchev–Trinajstić information content (AvgIpc) is 3.12. The lowest BCUT2D eigenvalue weighted by Crippen LogP contribution is -2.58. The van der Waals surface area contributed by atoms with Crippen LogP contribution in [0, 0.1) is 11.8 Å². The second kappa shape index (κ2) is 10.9. The number of nitrogens with one attached hydrogen (secondary N) is 2. The molecular weight excluding hydrogens is 394 g/mol. The van der Waals surface area contributed by atoms with Crippen LogP contribution in [0.15, 0.2) is 0 Å². The molecule has 4 amide bonds. The van der Waals surface area contributed by atoms with Crippen molar-refractivity contribution in [3.05, 3.63) is 0 Å². The van der Waals surface area contributed by atoms with Crippen LogP contribution in [0.5, 0.6) is 0 Å². The molecule has 1 fully saturated rings. The number of aliphatic carboxylic acids is 1. The third-order valence-corrected chi connectivity index (χ3v) is 5.11. The lowest BCUT2D eigenvalue weighted by molar-refractivity contribution is -0.144. The molecule has 0 bridgehead atoms. The summed E-state index contributed by atoms with van der Waals surface area (Å²) < 4.78 is 0. The first kappa shape index (κ1) is 25.3. The number of carbonyl (C=O) groups is 5. The summed E-state index contributed by atoms with van der Waals surface area (Å²) in [5.41, 5.74) is 11.1. The first-order chi connectivity index (χ1) is 13.9. The van der Waals surface area contributed by atoms with Gasteiger partial charge in [-0.05, 0) is 24.7 Å². The summed E-state index contributed by atoms with van der Waals surface area (Å²) in [6.45, 7) is 7.18. The summed E-state index contributed by atoms with van der Waals surface area (Å²) in [5.74, 6) is -4.42. The molecule has 30 heavy (non-hydrogen) atoms. The second-order valence-electron chi connectivity index (χ2n) is 8.26. The van der Waals surface area contributed by atoms with Crippen LogP contribution in [0.25, 0.3) is 0 Å². The molecule has 170 valence electrons. The fraction of sp³-hybridized carbons (Fsp3) is 0.737. The van der Waals surface area contributed by atoms with Gasteiger partial charge in [-0.15, -0.1) is 0 Å². The number of likely N-dealkylation sites (tertiary alicyclic amines) is 1. The number of carboxylic acids is 1. The quantitative estimate of drug-likeness (QED) is 0.282. The Morgan fingerprint density at radius 1 is 1.07 bits per heavy atom. The maximum absolute atomic E-state index is 12.8. The van der Waals surface area contributed by atoms with E-state index in [9.17, 15) is 29.1 Å². The van der Waals surface area contributed by atoms with Crippen LogP contribution < -0.4 is 22.1 Å². The maximum atomic E-state index is 12.8. The SMILES string of the molecule is CC(C)C(N)C(=O)N1CCCC1C(=O)NC(CC(N)=O)C(=O)NC(C(=O)O)C(C)C. The van der Waals surface area contributed by atoms with Crippen molar-refractivity contribution >= 4 is 29.6 Å². The number of hydrogen-bond donors (Lipinski definition) is 5. The van der Waals surface area contributed by atoms with Crippen molar-refractivity contribution in [3.8, 4) is 0 Å². The second-order valence-corrected chi connectivity index (χ2v) is 8.26. The molecule has 0 saturated carbocycles. The summed E-state index contributed by atoms with van der Waals surface area (Å²) in [7, 11) is 0. The van der Waals surface area contributed by atoms with Gasteiger partial charge in [0.2, 0.25) is 23.6 Å². The molecule has 0 aromatic heterocycles. The molecular formula is C19H33N5O6. The van der Waals surface area contributed by atoms with E-state index in [0.29, 0.717) is 19.4 Å². The standard InChI is InChI=1S/C19H33N5O6/c1-9(2)14(21)18(28)24-7-5-6-12(24)17(27)22-11(8-13(20)25)16(26)23-15(10(3)4)19(29)30/h9-12,14-15H,5-8,21H2,1-4H3,(H2,20,25)(H,22,27)(H,23,26)(H,29,30). The molecule has 4 atom stereocenters. The molecule has 11 nitrogen and oxygen atoms in total. The third kappa shape index (κ3) is 6.68. The van der Waals surface area contributed by atoms with Crippen molar-refractivity contribution < 1.29 is 29.1 Å². The lowest BCUT2D eigenvalue weighted by atomic mass is 10.0. The van der Waals surface area contributed by atoms with E-state index in [1.54, 1.807) is 27.7 Å². The minimum atomic E-state index is -1.35. The number of hydrogen-bond acceptors (Lipinski definition) is 6. The molecule has 1 aliphatic heterocycles. The maximum Gasteiger partial charge on any atom is 0.326 e. The fourth-order valence-corrected chi connectivity index (χ4v) is 3.23. The molecule has 1 heterocycles. The van der Waals surface area contributed by atoms with Gasteiger partial charge in [-0.3, -0.25) is 19.2 Å². The largest absolute Gasteiger partial charge is 0.480 e. The molecule has 1 saturated heterocycles. The van der Waals surface area contributed by atoms with Crippen LogP contribution in [-0.2, 0) is 24.0 Å². The Bertz CT molecular complexity index is 680. The molecule has 0 aromatic rings. The number of amides is 4. The zero-order valence-corrected chi connectivity index (χ0v) is 17.9. The van der Waals surface area contributed by atoms with E-state index in [0.717, 1.165) is 0 Å². The zero-order valence-electron chi connectivity index (χ0n) is 17.9. The van der Waals surface area contributed by atoms with Crippen molar-refractivity contribution in [1.29, 1.82) is 0 Å².